The zero-order chi connectivity index (χ0) is 18.7. The molecule has 0 aliphatic rings. The Bertz CT molecular complexity index is 936. The van der Waals surface area contributed by atoms with Gasteiger partial charge in [0.25, 0.3) is 5.91 Å². The molecule has 1 heterocycles. The predicted molar refractivity (Wildman–Crippen MR) is 97.7 cm³/mol. The Morgan fingerprint density at radius 1 is 1.00 bits per heavy atom. The molecular formula is C20H17F2N3O. The van der Waals surface area contributed by atoms with E-state index in [1.807, 2.05) is 32.0 Å². The quantitative estimate of drug-likeness (QED) is 0.696. The number of anilines is 3. The maximum atomic E-state index is 13.7. The number of carbonyl (C=O) groups is 1. The molecule has 0 unspecified atom stereocenters. The number of aryl methyl sites for hydroxylation is 2. The van der Waals surface area contributed by atoms with Gasteiger partial charge in [-0.15, -0.1) is 0 Å². The second-order valence-corrected chi connectivity index (χ2v) is 5.93. The number of pyridine rings is 1. The fourth-order valence-corrected chi connectivity index (χ4v) is 2.50. The van der Waals surface area contributed by atoms with Crippen molar-refractivity contribution in [2.45, 2.75) is 13.8 Å². The van der Waals surface area contributed by atoms with Crippen LogP contribution in [0.2, 0.25) is 0 Å². The number of aromatic nitrogens is 1. The smallest absolute Gasteiger partial charge is 0.257 e. The lowest BCUT2D eigenvalue weighted by Gasteiger charge is -2.10. The van der Waals surface area contributed by atoms with E-state index >= 15 is 0 Å². The summed E-state index contributed by atoms with van der Waals surface area (Å²) < 4.78 is 27.3. The van der Waals surface area contributed by atoms with E-state index in [0.29, 0.717) is 5.56 Å². The first-order chi connectivity index (χ1) is 12.4. The van der Waals surface area contributed by atoms with Crippen LogP contribution in [0.1, 0.15) is 21.5 Å². The van der Waals surface area contributed by atoms with Crippen molar-refractivity contribution in [3.05, 3.63) is 83.1 Å². The van der Waals surface area contributed by atoms with Gasteiger partial charge in [-0.25, -0.2) is 13.8 Å². The minimum atomic E-state index is -0.719. The lowest BCUT2D eigenvalue weighted by Crippen LogP contribution is -2.13. The van der Waals surface area contributed by atoms with E-state index in [-0.39, 0.29) is 17.4 Å². The maximum absolute atomic E-state index is 13.7. The van der Waals surface area contributed by atoms with Crippen LogP contribution >= 0.6 is 0 Å². The van der Waals surface area contributed by atoms with Crippen LogP contribution in [0.5, 0.6) is 0 Å². The van der Waals surface area contributed by atoms with Crippen LogP contribution in [-0.2, 0) is 0 Å². The molecule has 132 valence electrons. The van der Waals surface area contributed by atoms with Crippen molar-refractivity contribution in [3.63, 3.8) is 0 Å². The Morgan fingerprint density at radius 2 is 1.73 bits per heavy atom. The first-order valence-electron chi connectivity index (χ1n) is 8.00. The molecule has 1 amide bonds. The van der Waals surface area contributed by atoms with E-state index in [1.165, 1.54) is 24.4 Å². The third kappa shape index (κ3) is 3.85. The molecule has 3 aromatic rings. The van der Waals surface area contributed by atoms with Crippen molar-refractivity contribution >= 4 is 23.1 Å². The van der Waals surface area contributed by atoms with E-state index in [9.17, 15) is 13.6 Å². The maximum Gasteiger partial charge on any atom is 0.257 e. The molecule has 0 fully saturated rings. The lowest BCUT2D eigenvalue weighted by molar-refractivity contribution is 0.102. The summed E-state index contributed by atoms with van der Waals surface area (Å²) in [4.78, 5) is 16.4. The van der Waals surface area contributed by atoms with Gasteiger partial charge in [0.1, 0.15) is 23.1 Å². The number of benzene rings is 2. The van der Waals surface area contributed by atoms with Crippen molar-refractivity contribution in [2.75, 3.05) is 10.6 Å². The highest BCUT2D eigenvalue weighted by molar-refractivity contribution is 6.04. The van der Waals surface area contributed by atoms with E-state index in [2.05, 4.69) is 15.6 Å². The summed E-state index contributed by atoms with van der Waals surface area (Å²) in [7, 11) is 0. The molecule has 0 saturated heterocycles. The Morgan fingerprint density at radius 3 is 2.35 bits per heavy atom. The van der Waals surface area contributed by atoms with Gasteiger partial charge in [0.05, 0.1) is 5.56 Å². The Balaban J connectivity index is 1.74. The van der Waals surface area contributed by atoms with Gasteiger partial charge in [0.15, 0.2) is 0 Å². The lowest BCUT2D eigenvalue weighted by atomic mass is 10.1. The first kappa shape index (κ1) is 17.5. The molecule has 0 spiro atoms. The highest BCUT2D eigenvalue weighted by Gasteiger charge is 2.11. The SMILES string of the molecule is Cc1ccc(NC(=O)c2ccc(Nc3c(F)cccc3F)nc2)c(C)c1. The Hall–Kier alpha value is -3.28. The van der Waals surface area contributed by atoms with Crippen molar-refractivity contribution in [2.24, 2.45) is 0 Å². The van der Waals surface area contributed by atoms with Crippen molar-refractivity contribution < 1.29 is 13.6 Å². The molecule has 0 bridgehead atoms. The van der Waals surface area contributed by atoms with E-state index < -0.39 is 11.6 Å². The second kappa shape index (κ2) is 7.31. The molecule has 4 nitrogen and oxygen atoms in total. The predicted octanol–water partition coefficient (Wildman–Crippen LogP) is 4.97. The fraction of sp³-hybridized carbons (Fsp3) is 0.100. The molecule has 26 heavy (non-hydrogen) atoms. The summed E-state index contributed by atoms with van der Waals surface area (Å²) >= 11 is 0. The average molecular weight is 353 g/mol. The number of nitrogens with one attached hydrogen (secondary N) is 2. The van der Waals surface area contributed by atoms with Gasteiger partial charge < -0.3 is 10.6 Å². The molecule has 0 saturated carbocycles. The number of amides is 1. The normalized spacial score (nSPS) is 10.5. The number of hydrogen-bond acceptors (Lipinski definition) is 3. The number of rotatable bonds is 4. The van der Waals surface area contributed by atoms with Crippen LogP contribution in [0.15, 0.2) is 54.7 Å². The molecule has 0 aliphatic carbocycles. The van der Waals surface area contributed by atoms with Gasteiger partial charge >= 0.3 is 0 Å². The average Bonchev–Trinajstić information content (AvgIpc) is 2.61. The third-order valence-corrected chi connectivity index (χ3v) is 3.87. The molecule has 3 rings (SSSR count). The van der Waals surface area contributed by atoms with Gasteiger partial charge in [-0.3, -0.25) is 4.79 Å². The molecule has 2 N–H and O–H groups in total. The zero-order valence-corrected chi connectivity index (χ0v) is 14.3. The van der Waals surface area contributed by atoms with Crippen LogP contribution in [0.3, 0.4) is 0 Å². The summed E-state index contributed by atoms with van der Waals surface area (Å²) in [5.41, 5.74) is 2.84. The van der Waals surface area contributed by atoms with Gasteiger partial charge in [0.2, 0.25) is 0 Å². The topological polar surface area (TPSA) is 54.0 Å². The summed E-state index contributed by atoms with van der Waals surface area (Å²) in [6, 6.07) is 12.3. The van der Waals surface area contributed by atoms with Crippen molar-refractivity contribution in [1.29, 1.82) is 0 Å². The summed E-state index contributed by atoms with van der Waals surface area (Å²) in [6.45, 7) is 3.89. The number of hydrogen-bond donors (Lipinski definition) is 2. The van der Waals surface area contributed by atoms with Crippen LogP contribution in [0.25, 0.3) is 0 Å². The minimum absolute atomic E-state index is 0.233. The van der Waals surface area contributed by atoms with E-state index in [4.69, 9.17) is 0 Å². The van der Waals surface area contributed by atoms with Crippen LogP contribution in [0.4, 0.5) is 26.0 Å². The highest BCUT2D eigenvalue weighted by Crippen LogP contribution is 2.22. The highest BCUT2D eigenvalue weighted by atomic mass is 19.1. The van der Waals surface area contributed by atoms with Crippen molar-refractivity contribution in [3.8, 4) is 0 Å². The molecule has 6 heteroatoms. The van der Waals surface area contributed by atoms with Gasteiger partial charge in [-0.1, -0.05) is 23.8 Å². The van der Waals surface area contributed by atoms with Crippen LogP contribution in [-0.4, -0.2) is 10.9 Å². The van der Waals surface area contributed by atoms with Gasteiger partial charge in [-0.2, -0.15) is 0 Å². The summed E-state index contributed by atoms with van der Waals surface area (Å²) in [5, 5.41) is 5.40. The molecule has 0 radical (unpaired) electrons. The standard InChI is InChI=1S/C20H17F2N3O/c1-12-6-8-17(13(2)10-12)24-20(26)14-7-9-18(23-11-14)25-19-15(21)4-3-5-16(19)22/h3-11H,1-2H3,(H,23,25)(H,24,26). The van der Waals surface area contributed by atoms with E-state index in [0.717, 1.165) is 28.9 Å². The van der Waals surface area contributed by atoms with Gasteiger partial charge in [-0.05, 0) is 49.7 Å². The van der Waals surface area contributed by atoms with Gasteiger partial charge in [0, 0.05) is 11.9 Å². The summed E-state index contributed by atoms with van der Waals surface area (Å²) in [5.74, 6) is -1.52. The zero-order valence-electron chi connectivity index (χ0n) is 14.3. The van der Waals surface area contributed by atoms with Crippen LogP contribution in [0, 0.1) is 25.5 Å². The van der Waals surface area contributed by atoms with Crippen LogP contribution < -0.4 is 10.6 Å². The van der Waals surface area contributed by atoms with Crippen molar-refractivity contribution in [1.82, 2.24) is 4.98 Å². The number of halogens is 2. The third-order valence-electron chi connectivity index (χ3n) is 3.87. The Kier molecular flexibility index (Phi) is 4.93. The second-order valence-electron chi connectivity index (χ2n) is 5.93. The fourth-order valence-electron chi connectivity index (χ4n) is 2.50. The number of carbonyl (C=O) groups excluding carboxylic acids is 1. The monoisotopic (exact) mass is 353 g/mol. The Labute approximate surface area is 149 Å². The van der Waals surface area contributed by atoms with E-state index in [1.54, 1.807) is 0 Å². The number of para-hydroxylation sites is 1. The molecule has 0 aliphatic heterocycles. The molecule has 0 atom stereocenters. The molecular weight excluding hydrogens is 336 g/mol. The molecule has 2 aromatic carbocycles. The summed E-state index contributed by atoms with van der Waals surface area (Å²) in [6.07, 6.45) is 1.35. The first-order valence-corrected chi connectivity index (χ1v) is 8.00. The minimum Gasteiger partial charge on any atom is -0.335 e. The largest absolute Gasteiger partial charge is 0.335 e. The molecule has 1 aromatic heterocycles. The number of nitrogens with zero attached hydrogens (tertiary/aromatic N) is 1.